The van der Waals surface area contributed by atoms with Gasteiger partial charge in [0.25, 0.3) is 0 Å². The summed E-state index contributed by atoms with van der Waals surface area (Å²) in [6.45, 7) is 4.15. The van der Waals surface area contributed by atoms with Gasteiger partial charge in [0, 0.05) is 17.8 Å². The predicted molar refractivity (Wildman–Crippen MR) is 132 cm³/mol. The van der Waals surface area contributed by atoms with Gasteiger partial charge in [-0.25, -0.2) is 9.97 Å². The molecule has 1 aliphatic carbocycles. The Morgan fingerprint density at radius 3 is 2.45 bits per heavy atom. The molecule has 2 heterocycles. The number of hydrogen-bond acceptors (Lipinski definition) is 5. The van der Waals surface area contributed by atoms with Crippen LogP contribution in [0.5, 0.6) is 5.88 Å². The standard InChI is InChI=1S/C27H25N5O/c1-18(2)29-23-16-26-24(15-22(23)30-19-13-14-27(33-3)28-17-19)31-21-11-7-8-12-25(21)32(26)20-9-5-4-6-10-20/h4-18,30H,1-3H3/b29-23+. The van der Waals surface area contributed by atoms with Gasteiger partial charge in [0.1, 0.15) is 0 Å². The molecule has 0 unspecified atom stereocenters. The van der Waals surface area contributed by atoms with E-state index in [-0.39, 0.29) is 6.04 Å². The number of para-hydroxylation sites is 3. The van der Waals surface area contributed by atoms with Crippen molar-refractivity contribution >= 4 is 22.4 Å². The Kier molecular flexibility index (Phi) is 5.48. The van der Waals surface area contributed by atoms with Crippen LogP contribution in [0, 0.1) is 0 Å². The molecule has 1 aliphatic heterocycles. The lowest BCUT2D eigenvalue weighted by Gasteiger charge is -2.20. The minimum atomic E-state index is 0.135. The predicted octanol–water partition coefficient (Wildman–Crippen LogP) is 5.59. The highest BCUT2D eigenvalue weighted by Crippen LogP contribution is 2.30. The monoisotopic (exact) mass is 435 g/mol. The number of fused-ring (bicyclic) bond motifs is 2. The zero-order chi connectivity index (χ0) is 22.8. The van der Waals surface area contributed by atoms with Gasteiger partial charge in [-0.05, 0) is 56.3 Å². The maximum atomic E-state index is 5.18. The average molecular weight is 436 g/mol. The van der Waals surface area contributed by atoms with Gasteiger partial charge in [-0.3, -0.25) is 4.99 Å². The molecule has 5 rings (SSSR count). The van der Waals surface area contributed by atoms with Gasteiger partial charge in [0.05, 0.1) is 52.5 Å². The van der Waals surface area contributed by atoms with Gasteiger partial charge in [0.15, 0.2) is 0 Å². The molecule has 2 aliphatic rings. The fraction of sp³-hybridized carbons (Fsp3) is 0.148. The Morgan fingerprint density at radius 2 is 1.73 bits per heavy atom. The third-order valence-electron chi connectivity index (χ3n) is 5.33. The molecule has 1 N–H and O–H groups in total. The normalized spacial score (nSPS) is 11.9. The van der Waals surface area contributed by atoms with Gasteiger partial charge in [-0.1, -0.05) is 30.3 Å². The van der Waals surface area contributed by atoms with E-state index in [2.05, 4.69) is 71.2 Å². The number of aromatic nitrogens is 3. The molecule has 0 saturated carbocycles. The third-order valence-corrected chi connectivity index (χ3v) is 5.33. The van der Waals surface area contributed by atoms with Crippen LogP contribution in [0.3, 0.4) is 0 Å². The highest BCUT2D eigenvalue weighted by Gasteiger charge is 2.16. The maximum absolute atomic E-state index is 5.18. The van der Waals surface area contributed by atoms with Crippen molar-refractivity contribution in [2.24, 2.45) is 4.99 Å². The summed E-state index contributed by atoms with van der Waals surface area (Å²) in [7, 11) is 1.61. The highest BCUT2D eigenvalue weighted by molar-refractivity contribution is 5.84. The van der Waals surface area contributed by atoms with Crippen molar-refractivity contribution in [3.05, 3.63) is 90.4 Å². The Balaban J connectivity index is 1.77. The zero-order valence-electron chi connectivity index (χ0n) is 18.9. The van der Waals surface area contributed by atoms with E-state index in [0.29, 0.717) is 5.88 Å². The molecule has 0 radical (unpaired) electrons. The molecule has 6 heteroatoms. The molecule has 6 nitrogen and oxygen atoms in total. The minimum absolute atomic E-state index is 0.135. The quantitative estimate of drug-likeness (QED) is 0.366. The second-order valence-corrected chi connectivity index (χ2v) is 8.07. The molecule has 0 bridgehead atoms. The summed E-state index contributed by atoms with van der Waals surface area (Å²) in [5.74, 6) is 0.572. The van der Waals surface area contributed by atoms with Crippen LogP contribution in [0.25, 0.3) is 28.1 Å². The molecule has 0 amide bonds. The maximum Gasteiger partial charge on any atom is 0.213 e. The van der Waals surface area contributed by atoms with Crippen molar-refractivity contribution in [2.45, 2.75) is 19.9 Å². The summed E-state index contributed by atoms with van der Waals surface area (Å²) in [5, 5.41) is 4.34. The first kappa shape index (κ1) is 20.7. The van der Waals surface area contributed by atoms with Gasteiger partial charge in [0.2, 0.25) is 5.88 Å². The molecule has 33 heavy (non-hydrogen) atoms. The molecule has 3 aromatic rings. The molecular formula is C27H25N5O. The summed E-state index contributed by atoms with van der Waals surface area (Å²) in [6.07, 6.45) is 1.75. The summed E-state index contributed by atoms with van der Waals surface area (Å²) in [4.78, 5) is 14.2. The average Bonchev–Trinajstić information content (AvgIpc) is 2.84. The molecule has 164 valence electrons. The topological polar surface area (TPSA) is 64.3 Å². The van der Waals surface area contributed by atoms with E-state index in [4.69, 9.17) is 14.7 Å². The van der Waals surface area contributed by atoms with Crippen molar-refractivity contribution in [1.82, 2.24) is 14.5 Å². The van der Waals surface area contributed by atoms with Gasteiger partial charge in [-0.15, -0.1) is 0 Å². The van der Waals surface area contributed by atoms with Crippen LogP contribution in [0.4, 0.5) is 11.4 Å². The van der Waals surface area contributed by atoms with E-state index < -0.39 is 0 Å². The first-order valence-corrected chi connectivity index (χ1v) is 10.9. The third kappa shape index (κ3) is 4.15. The van der Waals surface area contributed by atoms with Gasteiger partial charge < -0.3 is 14.6 Å². The number of anilines is 2. The fourth-order valence-corrected chi connectivity index (χ4v) is 3.91. The zero-order valence-corrected chi connectivity index (χ0v) is 18.9. The van der Waals surface area contributed by atoms with Crippen molar-refractivity contribution in [3.8, 4) is 23.0 Å². The van der Waals surface area contributed by atoms with Crippen LogP contribution in [-0.4, -0.2) is 27.7 Å². The molecule has 0 spiro atoms. The Hall–Kier alpha value is -4.19. The summed E-state index contributed by atoms with van der Waals surface area (Å²) < 4.78 is 7.43. The van der Waals surface area contributed by atoms with Crippen LogP contribution < -0.4 is 15.4 Å². The van der Waals surface area contributed by atoms with Crippen molar-refractivity contribution in [1.29, 1.82) is 0 Å². The van der Waals surface area contributed by atoms with E-state index >= 15 is 0 Å². The van der Waals surface area contributed by atoms with Gasteiger partial charge in [-0.2, -0.15) is 0 Å². The van der Waals surface area contributed by atoms with Gasteiger partial charge >= 0.3 is 0 Å². The number of ether oxygens (including phenoxy) is 1. The Bertz CT molecular complexity index is 1440. The SMILES string of the molecule is COc1ccc(Nc2cc3nc4ccccc4n(-c4ccccc4)c-3c/c2=N\C(C)C)cn1. The Morgan fingerprint density at radius 1 is 0.939 bits per heavy atom. The fourth-order valence-electron chi connectivity index (χ4n) is 3.91. The summed E-state index contributed by atoms with van der Waals surface area (Å²) >= 11 is 0. The molecule has 2 aromatic carbocycles. The number of nitrogens with one attached hydrogen (secondary N) is 1. The summed E-state index contributed by atoms with van der Waals surface area (Å²) in [5.41, 5.74) is 6.67. The lowest BCUT2D eigenvalue weighted by molar-refractivity contribution is 0.398. The number of benzene rings is 3. The first-order chi connectivity index (χ1) is 16.1. The largest absolute Gasteiger partial charge is 0.481 e. The lowest BCUT2D eigenvalue weighted by Crippen LogP contribution is -2.16. The molecule has 0 fully saturated rings. The van der Waals surface area contributed by atoms with Crippen LogP contribution in [0.15, 0.2) is 90.1 Å². The van der Waals surface area contributed by atoms with E-state index in [1.165, 1.54) is 0 Å². The minimum Gasteiger partial charge on any atom is -0.481 e. The first-order valence-electron chi connectivity index (χ1n) is 10.9. The molecular weight excluding hydrogens is 410 g/mol. The van der Waals surface area contributed by atoms with Crippen LogP contribution >= 0.6 is 0 Å². The molecule has 0 saturated heterocycles. The highest BCUT2D eigenvalue weighted by atomic mass is 16.5. The van der Waals surface area contributed by atoms with Crippen molar-refractivity contribution in [2.75, 3.05) is 12.4 Å². The smallest absolute Gasteiger partial charge is 0.213 e. The van der Waals surface area contributed by atoms with Crippen molar-refractivity contribution in [3.63, 3.8) is 0 Å². The number of nitrogens with zero attached hydrogens (tertiary/aromatic N) is 4. The molecule has 0 atom stereocenters. The Labute approximate surface area is 192 Å². The number of rotatable bonds is 5. The summed E-state index contributed by atoms with van der Waals surface area (Å²) in [6, 6.07) is 26.6. The van der Waals surface area contributed by atoms with E-state index in [9.17, 15) is 0 Å². The number of hydrogen-bond donors (Lipinski definition) is 1. The van der Waals surface area contributed by atoms with E-state index in [0.717, 1.165) is 44.8 Å². The second-order valence-electron chi connectivity index (χ2n) is 8.07. The van der Waals surface area contributed by atoms with Crippen LogP contribution in [-0.2, 0) is 0 Å². The van der Waals surface area contributed by atoms with E-state index in [1.807, 2.05) is 36.4 Å². The lowest BCUT2D eigenvalue weighted by atomic mass is 10.1. The van der Waals surface area contributed by atoms with Crippen LogP contribution in [0.1, 0.15) is 13.8 Å². The number of methoxy groups -OCH3 is 1. The number of pyridine rings is 1. The molecule has 1 aromatic heterocycles. The van der Waals surface area contributed by atoms with Crippen molar-refractivity contribution < 1.29 is 4.74 Å². The second kappa shape index (κ2) is 8.74. The van der Waals surface area contributed by atoms with E-state index in [1.54, 1.807) is 13.3 Å². The van der Waals surface area contributed by atoms with Crippen LogP contribution in [0.2, 0.25) is 0 Å².